The van der Waals surface area contributed by atoms with Gasteiger partial charge in [0, 0.05) is 19.1 Å². The standard InChI is InChI=1S/C18H25N3O2/c1-18(2,9-10-22)12-19-16(23)11-21-15-6-4-3-5-14(15)20-17(21)13-7-8-13/h3-6,13,22H,7-12H2,1-2H3,(H,19,23). The van der Waals surface area contributed by atoms with Crippen LogP contribution in [0.1, 0.15) is 44.9 Å². The summed E-state index contributed by atoms with van der Waals surface area (Å²) in [5.74, 6) is 1.54. The Morgan fingerprint density at radius 3 is 2.83 bits per heavy atom. The van der Waals surface area contributed by atoms with Crippen LogP contribution in [0.2, 0.25) is 0 Å². The summed E-state index contributed by atoms with van der Waals surface area (Å²) in [4.78, 5) is 17.1. The van der Waals surface area contributed by atoms with Gasteiger partial charge in [0.25, 0.3) is 0 Å². The number of fused-ring (bicyclic) bond motifs is 1. The van der Waals surface area contributed by atoms with E-state index in [0.717, 1.165) is 29.7 Å². The molecule has 1 heterocycles. The molecule has 1 saturated carbocycles. The fourth-order valence-electron chi connectivity index (χ4n) is 2.84. The molecule has 2 N–H and O–H groups in total. The summed E-state index contributed by atoms with van der Waals surface area (Å²) < 4.78 is 2.06. The summed E-state index contributed by atoms with van der Waals surface area (Å²) in [6.45, 7) is 5.11. The third kappa shape index (κ3) is 3.72. The zero-order valence-corrected chi connectivity index (χ0v) is 13.9. The van der Waals surface area contributed by atoms with Crippen molar-refractivity contribution in [3.05, 3.63) is 30.1 Å². The van der Waals surface area contributed by atoms with Crippen molar-refractivity contribution < 1.29 is 9.90 Å². The minimum Gasteiger partial charge on any atom is -0.396 e. The summed E-state index contributed by atoms with van der Waals surface area (Å²) in [6.07, 6.45) is 3.00. The van der Waals surface area contributed by atoms with Gasteiger partial charge in [0.1, 0.15) is 12.4 Å². The second-order valence-electron chi connectivity index (χ2n) is 7.23. The van der Waals surface area contributed by atoms with E-state index in [1.807, 2.05) is 38.1 Å². The second-order valence-corrected chi connectivity index (χ2v) is 7.23. The molecule has 1 fully saturated rings. The van der Waals surface area contributed by atoms with Crippen molar-refractivity contribution >= 4 is 16.9 Å². The smallest absolute Gasteiger partial charge is 0.240 e. The van der Waals surface area contributed by atoms with Crippen LogP contribution >= 0.6 is 0 Å². The van der Waals surface area contributed by atoms with Gasteiger partial charge in [-0.15, -0.1) is 0 Å². The first-order valence-corrected chi connectivity index (χ1v) is 8.33. The van der Waals surface area contributed by atoms with E-state index in [-0.39, 0.29) is 17.9 Å². The molecule has 0 spiro atoms. The summed E-state index contributed by atoms with van der Waals surface area (Å²) in [5.41, 5.74) is 1.89. The normalized spacial score (nSPS) is 15.1. The number of imidazole rings is 1. The number of nitrogens with one attached hydrogen (secondary N) is 1. The molecule has 0 bridgehead atoms. The van der Waals surface area contributed by atoms with Gasteiger partial charge in [0.05, 0.1) is 11.0 Å². The Balaban J connectivity index is 1.73. The van der Waals surface area contributed by atoms with Crippen LogP contribution in [0.25, 0.3) is 11.0 Å². The summed E-state index contributed by atoms with van der Waals surface area (Å²) in [6, 6.07) is 7.99. The van der Waals surface area contributed by atoms with Gasteiger partial charge in [0.2, 0.25) is 5.91 Å². The van der Waals surface area contributed by atoms with Crippen LogP contribution < -0.4 is 5.32 Å². The maximum absolute atomic E-state index is 12.4. The van der Waals surface area contributed by atoms with E-state index in [9.17, 15) is 4.79 Å². The molecule has 3 rings (SSSR count). The van der Waals surface area contributed by atoms with Crippen LogP contribution in [0.3, 0.4) is 0 Å². The number of aromatic nitrogens is 2. The van der Waals surface area contributed by atoms with E-state index < -0.39 is 0 Å². The molecule has 124 valence electrons. The van der Waals surface area contributed by atoms with E-state index >= 15 is 0 Å². The minimum absolute atomic E-state index is 0.000989. The van der Waals surface area contributed by atoms with Gasteiger partial charge in [-0.25, -0.2) is 4.98 Å². The average Bonchev–Trinajstić information content (AvgIpc) is 3.29. The Bertz CT molecular complexity index is 701. The lowest BCUT2D eigenvalue weighted by Crippen LogP contribution is -2.36. The van der Waals surface area contributed by atoms with E-state index in [4.69, 9.17) is 10.1 Å². The van der Waals surface area contributed by atoms with Crippen molar-refractivity contribution in [3.63, 3.8) is 0 Å². The van der Waals surface area contributed by atoms with E-state index in [1.54, 1.807) is 0 Å². The second kappa shape index (κ2) is 6.32. The number of nitrogens with zero attached hydrogens (tertiary/aromatic N) is 2. The van der Waals surface area contributed by atoms with E-state index in [2.05, 4.69) is 9.88 Å². The highest BCUT2D eigenvalue weighted by atomic mass is 16.3. The SMILES string of the molecule is CC(C)(CCO)CNC(=O)Cn1c(C2CC2)nc2ccccc21. The molecule has 1 aromatic heterocycles. The fourth-order valence-corrected chi connectivity index (χ4v) is 2.84. The molecule has 0 unspecified atom stereocenters. The number of aliphatic hydroxyl groups excluding tert-OH is 1. The number of aliphatic hydroxyl groups is 1. The predicted octanol–water partition coefficient (Wildman–Crippen LogP) is 2.44. The van der Waals surface area contributed by atoms with Gasteiger partial charge in [-0.05, 0) is 36.8 Å². The van der Waals surface area contributed by atoms with Gasteiger partial charge in [-0.1, -0.05) is 26.0 Å². The van der Waals surface area contributed by atoms with Crippen molar-refractivity contribution in [3.8, 4) is 0 Å². The lowest BCUT2D eigenvalue weighted by molar-refractivity contribution is -0.122. The van der Waals surface area contributed by atoms with Crippen molar-refractivity contribution in [1.82, 2.24) is 14.9 Å². The maximum Gasteiger partial charge on any atom is 0.240 e. The Labute approximate surface area is 136 Å². The van der Waals surface area contributed by atoms with Crippen LogP contribution in [0.5, 0.6) is 0 Å². The zero-order chi connectivity index (χ0) is 16.4. The first-order valence-electron chi connectivity index (χ1n) is 8.33. The maximum atomic E-state index is 12.4. The summed E-state index contributed by atoms with van der Waals surface area (Å²) >= 11 is 0. The summed E-state index contributed by atoms with van der Waals surface area (Å²) in [5, 5.41) is 12.1. The van der Waals surface area contributed by atoms with Crippen molar-refractivity contribution in [2.75, 3.05) is 13.2 Å². The van der Waals surface area contributed by atoms with Crippen molar-refractivity contribution in [1.29, 1.82) is 0 Å². The third-order valence-electron chi connectivity index (χ3n) is 4.48. The van der Waals surface area contributed by atoms with Gasteiger partial charge < -0.3 is 15.0 Å². The van der Waals surface area contributed by atoms with Crippen LogP contribution in [-0.2, 0) is 11.3 Å². The predicted molar refractivity (Wildman–Crippen MR) is 90.2 cm³/mol. The molecule has 23 heavy (non-hydrogen) atoms. The third-order valence-corrected chi connectivity index (χ3v) is 4.48. The summed E-state index contributed by atoms with van der Waals surface area (Å²) in [7, 11) is 0. The first-order chi connectivity index (χ1) is 11.0. The van der Waals surface area contributed by atoms with Crippen molar-refractivity contribution in [2.24, 2.45) is 5.41 Å². The van der Waals surface area contributed by atoms with Crippen molar-refractivity contribution in [2.45, 2.75) is 45.6 Å². The Kier molecular flexibility index (Phi) is 4.39. The van der Waals surface area contributed by atoms with Crippen LogP contribution in [0.15, 0.2) is 24.3 Å². The Hall–Kier alpha value is -1.88. The molecule has 2 aromatic rings. The monoisotopic (exact) mass is 315 g/mol. The molecule has 0 radical (unpaired) electrons. The molecule has 1 aromatic carbocycles. The lowest BCUT2D eigenvalue weighted by Gasteiger charge is -2.24. The molecule has 1 aliphatic rings. The average molecular weight is 315 g/mol. The molecule has 1 amide bonds. The molecular weight excluding hydrogens is 290 g/mol. The highest BCUT2D eigenvalue weighted by Crippen LogP contribution is 2.40. The first kappa shape index (κ1) is 16.0. The van der Waals surface area contributed by atoms with E-state index in [0.29, 0.717) is 25.4 Å². The topological polar surface area (TPSA) is 67.2 Å². The highest BCUT2D eigenvalue weighted by Gasteiger charge is 2.30. The van der Waals surface area contributed by atoms with Gasteiger partial charge in [0.15, 0.2) is 0 Å². The number of benzene rings is 1. The molecule has 0 saturated heterocycles. The van der Waals surface area contributed by atoms with Crippen LogP contribution in [-0.4, -0.2) is 33.7 Å². The highest BCUT2D eigenvalue weighted by molar-refractivity contribution is 5.81. The van der Waals surface area contributed by atoms with Gasteiger partial charge >= 0.3 is 0 Å². The number of rotatable bonds is 7. The number of carbonyl (C=O) groups is 1. The van der Waals surface area contributed by atoms with Gasteiger partial charge in [-0.2, -0.15) is 0 Å². The van der Waals surface area contributed by atoms with E-state index in [1.165, 1.54) is 0 Å². The molecule has 0 aliphatic heterocycles. The molecule has 0 atom stereocenters. The van der Waals surface area contributed by atoms with Crippen LogP contribution in [0, 0.1) is 5.41 Å². The fraction of sp³-hybridized carbons (Fsp3) is 0.556. The lowest BCUT2D eigenvalue weighted by atomic mass is 9.90. The van der Waals surface area contributed by atoms with Gasteiger partial charge in [-0.3, -0.25) is 4.79 Å². The number of carbonyl (C=O) groups excluding carboxylic acids is 1. The number of amides is 1. The molecule has 5 nitrogen and oxygen atoms in total. The van der Waals surface area contributed by atoms with Crippen LogP contribution in [0.4, 0.5) is 0 Å². The Morgan fingerprint density at radius 1 is 1.39 bits per heavy atom. The molecule has 5 heteroatoms. The largest absolute Gasteiger partial charge is 0.396 e. The zero-order valence-electron chi connectivity index (χ0n) is 13.9. The minimum atomic E-state index is -0.0965. The number of hydrogen-bond donors (Lipinski definition) is 2. The molecular formula is C18H25N3O2. The Morgan fingerprint density at radius 2 is 2.13 bits per heavy atom. The quantitative estimate of drug-likeness (QED) is 0.824. The molecule has 1 aliphatic carbocycles. The number of para-hydroxylation sites is 2. The number of hydrogen-bond acceptors (Lipinski definition) is 3.